The highest BCUT2D eigenvalue weighted by Crippen LogP contribution is 2.46. The number of carbonyl (C=O) groups excluding carboxylic acids is 7. The molecule has 0 radical (unpaired) electrons. The van der Waals surface area contributed by atoms with E-state index in [2.05, 4.69) is 42.2 Å². The lowest BCUT2D eigenvalue weighted by Gasteiger charge is -2.48. The fourth-order valence-corrected chi connectivity index (χ4v) is 15.0. The second-order valence-electron chi connectivity index (χ2n) is 28.9. The van der Waals surface area contributed by atoms with Crippen molar-refractivity contribution in [3.63, 3.8) is 0 Å². The SMILES string of the molecule is [2H]c1[nH]c2c([2H])c([2H])c([2H])c(C)c2c1C(C)(C)[C@@]1(C)NC(=O)[C@H](C(C)c2ccccc2C)NC(=O)[C@@](C)(NC(=O)[C@](C)(NC)C(C)c2ccccc2C)C(C)(C)SSC[C@@H](C(=O)NC(C(C)O)[C@@H](C)O)[N+](=N)C(=O)[C@H](C(C)(C)O)NC(=O)[C@](C)(C(C)CC(C)(C)C(C)C)NC1=O. The van der Waals surface area contributed by atoms with Crippen LogP contribution in [0.25, 0.3) is 10.9 Å². The predicted molar refractivity (Wildman–Crippen MR) is 366 cm³/mol. The molecule has 1 aliphatic rings. The van der Waals surface area contributed by atoms with E-state index in [9.17, 15) is 27.0 Å². The minimum absolute atomic E-state index is 0.00903. The number of nitrogens with one attached hydrogen (secondary N) is 9. The average Bonchev–Trinajstić information content (AvgIpc) is 1.33. The van der Waals surface area contributed by atoms with Crippen LogP contribution in [0.5, 0.6) is 0 Å². The van der Waals surface area contributed by atoms with E-state index in [-0.39, 0.29) is 46.6 Å². The van der Waals surface area contributed by atoms with Crippen molar-refractivity contribution in [1.29, 1.82) is 5.53 Å². The van der Waals surface area contributed by atoms with Gasteiger partial charge in [0.15, 0.2) is 6.04 Å². The van der Waals surface area contributed by atoms with Gasteiger partial charge >= 0.3 is 5.91 Å². The van der Waals surface area contributed by atoms with E-state index < -0.39 is 157 Å². The number of benzene rings is 3. The van der Waals surface area contributed by atoms with Crippen molar-refractivity contribution in [2.24, 2.45) is 17.3 Å². The Hall–Kier alpha value is -6.17. The molecule has 1 aromatic heterocycles. The summed E-state index contributed by atoms with van der Waals surface area (Å²) >= 11 is 0. The monoisotopic (exact) mass is 1320 g/mol. The predicted octanol–water partition coefficient (Wildman–Crippen LogP) is 8.39. The van der Waals surface area contributed by atoms with E-state index in [1.807, 2.05) is 84.9 Å². The van der Waals surface area contributed by atoms with E-state index in [1.54, 1.807) is 74.6 Å². The summed E-state index contributed by atoms with van der Waals surface area (Å²) in [6.45, 7) is 36.0. The van der Waals surface area contributed by atoms with Crippen LogP contribution in [-0.2, 0) is 39.0 Å². The second-order valence-corrected chi connectivity index (χ2v) is 31.9. The Morgan fingerprint density at radius 2 is 1.34 bits per heavy atom. The number of amides is 7. The number of nitrogens with zero attached hydrogens (tertiary/aromatic N) is 1. The molecule has 1 aliphatic heterocycles. The molecular formula is C70H107N10O10S2+. The van der Waals surface area contributed by atoms with E-state index in [1.165, 1.54) is 48.5 Å². The Labute approximate surface area is 559 Å². The van der Waals surface area contributed by atoms with Crippen molar-refractivity contribution in [3.05, 3.63) is 106 Å². The van der Waals surface area contributed by atoms with E-state index in [4.69, 9.17) is 4.11 Å². The number of hydrogen-bond acceptors (Lipinski definition) is 14. The Kier molecular flexibility index (Phi) is 22.0. The fraction of sp³-hybridized carbons (Fsp3) is 0.614. The number of aromatic nitrogens is 1. The van der Waals surface area contributed by atoms with Crippen LogP contribution in [0, 0.1) is 43.6 Å². The standard InChI is InChI=1S/C70H106N10O10S2/c1-38(2)63(11,12)35-42(6)67(19)59(86)76-55(65(15,16)90)58(85)80(71)51(56(83)74-54(45(9)81)46(10)82)37-91-92-66(17,18)70(22,79-60(87)68(20,72-23)44(8)48-33-27-25-30-40(48)4)61(88)75-53(43(7)47-32-26-24-29-39(47)3)57(84)77-69(21,62(89)78-67)64(13,14)49-36-73-50-34-28-31-41(5)52(49)50/h24-34,36,38,42-46,51,53-55,71-73,81-82,90H,35,37H2,1-23H3,(H5-,74,75,76,77,78,79,83,84,86,87,88,89)/p+1/t42?,43?,44?,45-,46?,51+,53+,54?,55-,67+,68-,69+,70-/m1/s1/i28D,31D,34D,36D. The Balaban J connectivity index is 1.97. The smallest absolute Gasteiger partial charge is 0.391 e. The zero-order valence-corrected chi connectivity index (χ0v) is 59.9. The van der Waals surface area contributed by atoms with Gasteiger partial charge in [-0.2, -0.15) is 0 Å². The van der Waals surface area contributed by atoms with Crippen molar-refractivity contribution in [2.75, 3.05) is 12.8 Å². The van der Waals surface area contributed by atoms with Gasteiger partial charge in [0, 0.05) is 34.3 Å². The van der Waals surface area contributed by atoms with Gasteiger partial charge in [-0.3, -0.25) is 28.8 Å². The molecule has 4 aromatic rings. The first-order chi connectivity index (χ1) is 43.9. The molecule has 0 saturated carbocycles. The minimum Gasteiger partial charge on any atom is -0.391 e. The maximum Gasteiger partial charge on any atom is 0.437 e. The summed E-state index contributed by atoms with van der Waals surface area (Å²) in [4.78, 5) is 114. The zero-order valence-electron chi connectivity index (χ0n) is 62.3. The van der Waals surface area contributed by atoms with Gasteiger partial charge in [-0.15, -0.1) is 0 Å². The summed E-state index contributed by atoms with van der Waals surface area (Å²) in [5.41, 5.74) is 0.132. The Bertz CT molecular complexity index is 3620. The van der Waals surface area contributed by atoms with Crippen LogP contribution in [-0.4, -0.2) is 148 Å². The lowest BCUT2D eigenvalue weighted by Crippen LogP contribution is -2.74. The van der Waals surface area contributed by atoms with Crippen LogP contribution in [0.1, 0.15) is 189 Å². The van der Waals surface area contributed by atoms with Gasteiger partial charge in [0.1, 0.15) is 28.2 Å². The first-order valence-electron chi connectivity index (χ1n) is 33.6. The number of fused-ring (bicyclic) bond motifs is 1. The first kappa shape index (κ1) is 70.2. The quantitative estimate of drug-likeness (QED) is 0.0329. The molecule has 20 nitrogen and oxygen atoms in total. The van der Waals surface area contributed by atoms with Crippen molar-refractivity contribution in [1.82, 2.24) is 42.2 Å². The highest BCUT2D eigenvalue weighted by molar-refractivity contribution is 8.77. The molecule has 7 amide bonds. The molecule has 5 unspecified atom stereocenters. The van der Waals surface area contributed by atoms with Crippen molar-refractivity contribution in [3.8, 4) is 0 Å². The van der Waals surface area contributed by atoms with Gasteiger partial charge in [0.25, 0.3) is 11.9 Å². The molecule has 13 atom stereocenters. The normalized spacial score (nSPS) is 26.2. The summed E-state index contributed by atoms with van der Waals surface area (Å²) in [7, 11) is 3.52. The van der Waals surface area contributed by atoms with Gasteiger partial charge in [0.05, 0.1) is 39.8 Å². The van der Waals surface area contributed by atoms with Gasteiger partial charge in [0.2, 0.25) is 29.5 Å². The number of aryl methyl sites for hydroxylation is 3. The van der Waals surface area contributed by atoms with Gasteiger partial charge in [-0.05, 0) is 165 Å². The number of H-pyrrole nitrogens is 1. The third-order valence-electron chi connectivity index (χ3n) is 20.8. The largest absolute Gasteiger partial charge is 0.437 e. The molecular weight excluding hydrogens is 1200 g/mol. The average molecular weight is 1320 g/mol. The number of aromatic amines is 1. The van der Waals surface area contributed by atoms with Crippen molar-refractivity contribution in [2.45, 2.75) is 245 Å². The van der Waals surface area contributed by atoms with E-state index in [0.29, 0.717) is 10.3 Å². The van der Waals surface area contributed by atoms with E-state index >= 15 is 28.8 Å². The van der Waals surface area contributed by atoms with Crippen LogP contribution in [0.3, 0.4) is 0 Å². The first-order valence-corrected chi connectivity index (χ1v) is 33.9. The fourth-order valence-electron chi connectivity index (χ4n) is 12.0. The molecule has 92 heavy (non-hydrogen) atoms. The van der Waals surface area contributed by atoms with Crippen LogP contribution >= 0.6 is 21.6 Å². The maximum absolute atomic E-state index is 16.7. The number of rotatable bonds is 18. The minimum atomic E-state index is -2.39. The third kappa shape index (κ3) is 15.5. The van der Waals surface area contributed by atoms with Crippen LogP contribution < -0.4 is 37.2 Å². The summed E-state index contributed by atoms with van der Waals surface area (Å²) in [6, 6.07) is 6.71. The maximum atomic E-state index is 16.7. The highest BCUT2D eigenvalue weighted by Gasteiger charge is 2.58. The summed E-state index contributed by atoms with van der Waals surface area (Å²) in [5, 5.41) is 54.6. The number of aliphatic hydroxyl groups is 3. The molecule has 5 rings (SSSR count). The van der Waals surface area contributed by atoms with Crippen LogP contribution in [0.2, 0.25) is 0 Å². The van der Waals surface area contributed by atoms with E-state index in [0.717, 1.165) is 38.3 Å². The molecule has 0 bridgehead atoms. The number of carbonyl (C=O) groups is 7. The third-order valence-corrected chi connectivity index (χ3v) is 24.2. The molecule has 0 spiro atoms. The number of aliphatic hydroxyl groups excluding tert-OH is 2. The van der Waals surface area contributed by atoms with Gasteiger partial charge < -0.3 is 57.5 Å². The summed E-state index contributed by atoms with van der Waals surface area (Å²) in [6.07, 6.45) is -2.83. The molecule has 1 fully saturated rings. The number of likely N-dealkylation sites (N-methyl/N-ethyl adjacent to an activating group) is 1. The summed E-state index contributed by atoms with van der Waals surface area (Å²) in [5.74, 6) is -9.82. The van der Waals surface area contributed by atoms with Gasteiger partial charge in [-0.25, -0.2) is 4.79 Å². The topological polar surface area (TPSA) is 307 Å². The molecule has 508 valence electrons. The van der Waals surface area contributed by atoms with Crippen LogP contribution in [0.15, 0.2) is 72.8 Å². The second kappa shape index (κ2) is 28.8. The Morgan fingerprint density at radius 1 is 0.783 bits per heavy atom. The lowest BCUT2D eigenvalue weighted by atomic mass is 9.66. The van der Waals surface area contributed by atoms with Gasteiger partial charge in [-0.1, -0.05) is 150 Å². The van der Waals surface area contributed by atoms with Crippen LogP contribution in [0.4, 0.5) is 0 Å². The molecule has 22 heteroatoms. The lowest BCUT2D eigenvalue weighted by molar-refractivity contribution is -0.556. The number of hydrogen-bond donors (Lipinski definition) is 12. The highest BCUT2D eigenvalue weighted by atomic mass is 33.1. The van der Waals surface area contributed by atoms with Crippen molar-refractivity contribution < 1.29 is 59.1 Å². The molecule has 12 N–H and O–H groups in total. The summed E-state index contributed by atoms with van der Waals surface area (Å²) < 4.78 is 35.1. The Morgan fingerprint density at radius 3 is 1.86 bits per heavy atom. The molecule has 1 saturated heterocycles. The molecule has 2 heterocycles. The molecule has 3 aromatic carbocycles. The molecule has 0 aliphatic carbocycles. The van der Waals surface area contributed by atoms with Crippen molar-refractivity contribution >= 4 is 73.8 Å². The zero-order chi connectivity index (χ0) is 73.5.